The summed E-state index contributed by atoms with van der Waals surface area (Å²) in [7, 11) is -1.75. The first-order valence-corrected chi connectivity index (χ1v) is 15.5. The maximum atomic E-state index is 6.38. The van der Waals surface area contributed by atoms with Crippen LogP contribution in [0.4, 0.5) is 5.82 Å². The van der Waals surface area contributed by atoms with Crippen molar-refractivity contribution in [3.8, 4) is 17.1 Å². The number of anilines is 1. The van der Waals surface area contributed by atoms with Crippen LogP contribution in [0.5, 0.6) is 0 Å². The van der Waals surface area contributed by atoms with Crippen molar-refractivity contribution >= 4 is 14.1 Å². The number of ether oxygens (including phenoxy) is 1. The highest BCUT2D eigenvalue weighted by Crippen LogP contribution is 2.36. The second-order valence-electron chi connectivity index (χ2n) is 10.8. The highest BCUT2D eigenvalue weighted by atomic mass is 28.4. The van der Waals surface area contributed by atoms with Crippen molar-refractivity contribution in [1.29, 1.82) is 0 Å². The Morgan fingerprint density at radius 2 is 1.77 bits per heavy atom. The first-order chi connectivity index (χ1) is 16.6. The van der Waals surface area contributed by atoms with Gasteiger partial charge in [0, 0.05) is 43.9 Å². The Bertz CT molecular complexity index is 1130. The van der Waals surface area contributed by atoms with Gasteiger partial charge in [0.25, 0.3) is 0 Å². The van der Waals surface area contributed by atoms with Gasteiger partial charge in [0.05, 0.1) is 18.9 Å². The predicted octanol–water partition coefficient (Wildman–Crippen LogP) is 5.43. The van der Waals surface area contributed by atoms with Crippen molar-refractivity contribution in [2.45, 2.75) is 58.7 Å². The van der Waals surface area contributed by atoms with Gasteiger partial charge in [-0.2, -0.15) is 5.10 Å². The minimum Gasteiger partial charge on any atom is -0.417 e. The quantitative estimate of drug-likeness (QED) is 0.308. The molecule has 1 saturated heterocycles. The van der Waals surface area contributed by atoms with Gasteiger partial charge in [-0.1, -0.05) is 44.5 Å². The van der Waals surface area contributed by atoms with Gasteiger partial charge in [-0.15, -0.1) is 0 Å². The van der Waals surface area contributed by atoms with E-state index in [9.17, 15) is 0 Å². The molecule has 2 aromatic heterocycles. The van der Waals surface area contributed by atoms with E-state index in [0.29, 0.717) is 13.2 Å². The lowest BCUT2D eigenvalue weighted by Gasteiger charge is -2.36. The van der Waals surface area contributed by atoms with Crippen molar-refractivity contribution in [2.75, 3.05) is 37.8 Å². The van der Waals surface area contributed by atoms with Gasteiger partial charge in [0.1, 0.15) is 11.6 Å². The fraction of sp³-hybridized carbons (Fsp3) is 0.519. The van der Waals surface area contributed by atoms with Crippen LogP contribution >= 0.6 is 0 Å². The minimum atomic E-state index is -1.75. The summed E-state index contributed by atoms with van der Waals surface area (Å²) >= 11 is 0. The second kappa shape index (κ2) is 10.6. The Labute approximate surface area is 210 Å². The fourth-order valence-corrected chi connectivity index (χ4v) is 4.92. The van der Waals surface area contributed by atoms with Crippen LogP contribution in [0.15, 0.2) is 42.6 Å². The zero-order chi connectivity index (χ0) is 25.1. The summed E-state index contributed by atoms with van der Waals surface area (Å²) in [6.45, 7) is 17.3. The van der Waals surface area contributed by atoms with Gasteiger partial charge in [-0.3, -0.25) is 0 Å². The first kappa shape index (κ1) is 25.5. The van der Waals surface area contributed by atoms with Gasteiger partial charge in [-0.25, -0.2) is 14.6 Å². The summed E-state index contributed by atoms with van der Waals surface area (Å²) in [5, 5.41) is 5.05. The molecule has 0 aliphatic carbocycles. The Hall–Kier alpha value is -2.55. The molecule has 0 atom stereocenters. The number of aryl methyl sites for hydroxylation is 2. The lowest BCUT2D eigenvalue weighted by atomic mass is 10.1. The van der Waals surface area contributed by atoms with Gasteiger partial charge in [0.15, 0.2) is 14.1 Å². The van der Waals surface area contributed by atoms with E-state index in [1.54, 1.807) is 0 Å². The number of aromatic nitrogens is 4. The minimum absolute atomic E-state index is 0.210. The molecule has 1 aromatic carbocycles. The van der Waals surface area contributed by atoms with Crippen LogP contribution < -0.4 is 4.90 Å². The summed E-state index contributed by atoms with van der Waals surface area (Å²) in [5.74, 6) is 2.56. The molecule has 0 radical (unpaired) electrons. The number of hydrogen-bond donors (Lipinski definition) is 0. The smallest absolute Gasteiger partial charge is 0.191 e. The third-order valence-corrected chi connectivity index (χ3v) is 11.6. The van der Waals surface area contributed by atoms with E-state index in [-0.39, 0.29) is 5.04 Å². The van der Waals surface area contributed by atoms with E-state index in [4.69, 9.17) is 24.2 Å². The molecule has 8 heteroatoms. The highest BCUT2D eigenvalue weighted by Gasteiger charge is 2.36. The lowest BCUT2D eigenvalue weighted by Crippen LogP contribution is -2.41. The van der Waals surface area contributed by atoms with Gasteiger partial charge in [-0.05, 0) is 43.6 Å². The summed E-state index contributed by atoms with van der Waals surface area (Å²) in [5.41, 5.74) is 3.26. The number of benzene rings is 1. The van der Waals surface area contributed by atoms with Crippen LogP contribution in [0.2, 0.25) is 18.1 Å². The maximum absolute atomic E-state index is 6.38. The van der Waals surface area contributed by atoms with Crippen LogP contribution in [0.25, 0.3) is 17.1 Å². The molecule has 0 amide bonds. The Balaban J connectivity index is 1.55. The number of hydrogen-bond acceptors (Lipinski definition) is 6. The van der Waals surface area contributed by atoms with Gasteiger partial charge < -0.3 is 14.1 Å². The molecule has 3 heterocycles. The molecule has 1 fully saturated rings. The fourth-order valence-electron chi connectivity index (χ4n) is 3.84. The predicted molar refractivity (Wildman–Crippen MR) is 144 cm³/mol. The Morgan fingerprint density at radius 3 is 2.49 bits per heavy atom. The van der Waals surface area contributed by atoms with Crippen LogP contribution in [0.1, 0.15) is 38.6 Å². The lowest BCUT2D eigenvalue weighted by molar-refractivity contribution is 0.122. The molecule has 35 heavy (non-hydrogen) atoms. The molecule has 7 nitrogen and oxygen atoms in total. The summed E-state index contributed by atoms with van der Waals surface area (Å²) < 4.78 is 13.8. The zero-order valence-electron chi connectivity index (χ0n) is 22.0. The normalized spacial score (nSPS) is 15.0. The van der Waals surface area contributed by atoms with Crippen molar-refractivity contribution in [3.05, 3.63) is 54.0 Å². The largest absolute Gasteiger partial charge is 0.417 e. The average molecular weight is 494 g/mol. The first-order valence-electron chi connectivity index (χ1n) is 12.6. The van der Waals surface area contributed by atoms with Gasteiger partial charge in [0.2, 0.25) is 0 Å². The van der Waals surface area contributed by atoms with E-state index in [0.717, 1.165) is 61.3 Å². The molecule has 1 aliphatic rings. The van der Waals surface area contributed by atoms with Gasteiger partial charge >= 0.3 is 0 Å². The van der Waals surface area contributed by atoms with E-state index < -0.39 is 8.32 Å². The molecule has 0 spiro atoms. The van der Waals surface area contributed by atoms with Crippen LogP contribution in [0.3, 0.4) is 0 Å². The molecule has 4 rings (SSSR count). The maximum Gasteiger partial charge on any atom is 0.191 e. The van der Waals surface area contributed by atoms with E-state index in [2.05, 4.69) is 70.0 Å². The second-order valence-corrected chi connectivity index (χ2v) is 15.6. The van der Waals surface area contributed by atoms with Crippen molar-refractivity contribution < 1.29 is 9.16 Å². The van der Waals surface area contributed by atoms with Crippen LogP contribution in [0, 0.1) is 6.92 Å². The molecule has 0 bridgehead atoms. The number of morpholine rings is 1. The van der Waals surface area contributed by atoms with E-state index >= 15 is 0 Å². The molecule has 188 valence electrons. The number of nitrogens with zero attached hydrogens (tertiary/aromatic N) is 5. The SMILES string of the molecule is Cc1cccc(-c2ccn(-c3cc(N4CCOCC4)nc(CCCO[Si](C)(C)C(C)(C)C)n3)n2)c1. The molecule has 1 aliphatic heterocycles. The Morgan fingerprint density at radius 1 is 1.03 bits per heavy atom. The number of rotatable bonds is 8. The molecular weight excluding hydrogens is 454 g/mol. The van der Waals surface area contributed by atoms with Crippen LogP contribution in [-0.2, 0) is 15.6 Å². The highest BCUT2D eigenvalue weighted by molar-refractivity contribution is 6.74. The molecule has 3 aromatic rings. The molecular formula is C27H39N5O2Si. The van der Waals surface area contributed by atoms with Crippen molar-refractivity contribution in [1.82, 2.24) is 19.7 Å². The summed E-state index contributed by atoms with van der Waals surface area (Å²) in [6.07, 6.45) is 3.64. The monoisotopic (exact) mass is 493 g/mol. The van der Waals surface area contributed by atoms with Crippen molar-refractivity contribution in [2.24, 2.45) is 0 Å². The Kier molecular flexibility index (Phi) is 7.73. The standard InChI is InChI=1S/C27H39N5O2Si/c1-21-9-7-10-22(19-21)23-12-13-32(30-23)26-20-25(31-14-17-33-18-15-31)28-24(29-26)11-8-16-34-35(5,6)27(2,3)4/h7,9-10,12-13,19-20H,8,11,14-18H2,1-6H3. The van der Waals surface area contributed by atoms with E-state index in [1.807, 2.05) is 23.0 Å². The third kappa shape index (κ3) is 6.37. The third-order valence-electron chi connectivity index (χ3n) is 7.03. The topological polar surface area (TPSA) is 65.3 Å². The van der Waals surface area contributed by atoms with Crippen molar-refractivity contribution in [3.63, 3.8) is 0 Å². The zero-order valence-corrected chi connectivity index (χ0v) is 23.0. The summed E-state index contributed by atoms with van der Waals surface area (Å²) in [6, 6.07) is 12.5. The van der Waals surface area contributed by atoms with E-state index in [1.165, 1.54) is 5.56 Å². The molecule has 0 saturated carbocycles. The summed E-state index contributed by atoms with van der Waals surface area (Å²) in [4.78, 5) is 12.1. The molecule has 0 unspecified atom stereocenters. The van der Waals surface area contributed by atoms with Crippen LogP contribution in [-0.4, -0.2) is 61.0 Å². The molecule has 0 N–H and O–H groups in total. The average Bonchev–Trinajstić information content (AvgIpc) is 3.32.